The fourth-order valence-corrected chi connectivity index (χ4v) is 2.66. The normalized spacial score (nSPS) is 16.1. The highest BCUT2D eigenvalue weighted by Gasteiger charge is 2.17. The lowest BCUT2D eigenvalue weighted by atomic mass is 9.94. The van der Waals surface area contributed by atoms with E-state index in [0.717, 1.165) is 6.54 Å². The summed E-state index contributed by atoms with van der Waals surface area (Å²) in [5.74, 6) is 0. The molecule has 5 heteroatoms. The molecule has 0 atom stereocenters. The third-order valence-corrected chi connectivity index (χ3v) is 3.87. The van der Waals surface area contributed by atoms with Crippen molar-refractivity contribution in [3.63, 3.8) is 0 Å². The van der Waals surface area contributed by atoms with Crippen LogP contribution in [0.15, 0.2) is 24.5 Å². The Balaban J connectivity index is 1.63. The van der Waals surface area contributed by atoms with E-state index in [1.165, 1.54) is 32.1 Å². The number of carbonyl (C=O) groups excluding carboxylic acids is 1. The van der Waals surface area contributed by atoms with Crippen molar-refractivity contribution in [2.24, 2.45) is 0 Å². The number of carbonyl (C=O) groups is 1. The number of nitrogens with one attached hydrogen (secondary N) is 2. The number of anilines is 1. The summed E-state index contributed by atoms with van der Waals surface area (Å²) in [7, 11) is 2.15. The minimum absolute atomic E-state index is 0.171. The van der Waals surface area contributed by atoms with Gasteiger partial charge in [-0.05, 0) is 32.0 Å². The lowest BCUT2D eigenvalue weighted by molar-refractivity contribution is 0.192. The number of nitrogens with zero attached hydrogens (tertiary/aromatic N) is 2. The summed E-state index contributed by atoms with van der Waals surface area (Å²) < 4.78 is 0. The zero-order valence-electron chi connectivity index (χ0n) is 12.1. The van der Waals surface area contributed by atoms with E-state index in [1.54, 1.807) is 18.5 Å². The Morgan fingerprint density at radius 3 is 2.90 bits per heavy atom. The van der Waals surface area contributed by atoms with Gasteiger partial charge in [0.15, 0.2) is 0 Å². The minimum atomic E-state index is -0.171. The number of hydrogen-bond acceptors (Lipinski definition) is 3. The number of aromatic nitrogens is 1. The first kappa shape index (κ1) is 14.8. The second-order valence-corrected chi connectivity index (χ2v) is 5.40. The Kier molecular flexibility index (Phi) is 5.80. The van der Waals surface area contributed by atoms with Gasteiger partial charge in [0.2, 0.25) is 0 Å². The lowest BCUT2D eigenvalue weighted by Gasteiger charge is -2.31. The topological polar surface area (TPSA) is 57.3 Å². The summed E-state index contributed by atoms with van der Waals surface area (Å²) in [6, 6.07) is 4.13. The van der Waals surface area contributed by atoms with E-state index in [9.17, 15) is 4.79 Å². The van der Waals surface area contributed by atoms with Crippen molar-refractivity contribution >= 4 is 11.7 Å². The van der Waals surface area contributed by atoms with Gasteiger partial charge in [-0.25, -0.2) is 4.79 Å². The third-order valence-electron chi connectivity index (χ3n) is 3.87. The smallest absolute Gasteiger partial charge is 0.319 e. The molecule has 1 aromatic rings. The SMILES string of the molecule is CN(CCNC(=O)Nc1cccnc1)C1CCCCC1. The van der Waals surface area contributed by atoms with Gasteiger partial charge >= 0.3 is 6.03 Å². The molecule has 0 spiro atoms. The highest BCUT2D eigenvalue weighted by atomic mass is 16.2. The van der Waals surface area contributed by atoms with Crippen LogP contribution in [0.1, 0.15) is 32.1 Å². The van der Waals surface area contributed by atoms with Crippen LogP contribution in [-0.2, 0) is 0 Å². The number of urea groups is 1. The minimum Gasteiger partial charge on any atom is -0.337 e. The molecule has 1 fully saturated rings. The number of rotatable bonds is 5. The van der Waals surface area contributed by atoms with Crippen LogP contribution in [0.3, 0.4) is 0 Å². The molecule has 110 valence electrons. The maximum atomic E-state index is 11.7. The van der Waals surface area contributed by atoms with Gasteiger partial charge in [-0.15, -0.1) is 0 Å². The molecular formula is C15H24N4O. The van der Waals surface area contributed by atoms with E-state index in [-0.39, 0.29) is 6.03 Å². The Bertz CT molecular complexity index is 404. The summed E-state index contributed by atoms with van der Waals surface area (Å²) in [4.78, 5) is 18.0. The van der Waals surface area contributed by atoms with E-state index in [2.05, 4.69) is 27.6 Å². The first-order chi connectivity index (χ1) is 9.75. The van der Waals surface area contributed by atoms with Crippen molar-refractivity contribution in [1.29, 1.82) is 0 Å². The monoisotopic (exact) mass is 276 g/mol. The molecule has 2 amide bonds. The summed E-state index contributed by atoms with van der Waals surface area (Å²) in [6.07, 6.45) is 9.94. The summed E-state index contributed by atoms with van der Waals surface area (Å²) in [5.41, 5.74) is 0.714. The van der Waals surface area contributed by atoms with Crippen molar-refractivity contribution in [1.82, 2.24) is 15.2 Å². The molecule has 5 nitrogen and oxygen atoms in total. The average molecular weight is 276 g/mol. The van der Waals surface area contributed by atoms with Crippen molar-refractivity contribution in [2.75, 3.05) is 25.5 Å². The zero-order chi connectivity index (χ0) is 14.2. The summed E-state index contributed by atoms with van der Waals surface area (Å²) in [5, 5.41) is 5.65. The molecule has 1 aromatic heterocycles. The van der Waals surface area contributed by atoms with Crippen LogP contribution in [0, 0.1) is 0 Å². The maximum Gasteiger partial charge on any atom is 0.319 e. The van der Waals surface area contributed by atoms with Gasteiger partial charge in [-0.1, -0.05) is 19.3 Å². The molecule has 0 aromatic carbocycles. The quantitative estimate of drug-likeness (QED) is 0.868. The fraction of sp³-hybridized carbons (Fsp3) is 0.600. The van der Waals surface area contributed by atoms with E-state index in [1.807, 2.05) is 6.07 Å². The second kappa shape index (κ2) is 7.85. The molecule has 1 heterocycles. The molecule has 2 N–H and O–H groups in total. The van der Waals surface area contributed by atoms with E-state index in [0.29, 0.717) is 18.3 Å². The zero-order valence-corrected chi connectivity index (χ0v) is 12.1. The summed E-state index contributed by atoms with van der Waals surface area (Å²) >= 11 is 0. The predicted octanol–water partition coefficient (Wildman–Crippen LogP) is 2.47. The van der Waals surface area contributed by atoms with Crippen molar-refractivity contribution in [3.8, 4) is 0 Å². The molecule has 0 saturated heterocycles. The van der Waals surface area contributed by atoms with Gasteiger partial charge in [0.1, 0.15) is 0 Å². The molecule has 0 unspecified atom stereocenters. The highest BCUT2D eigenvalue weighted by molar-refractivity contribution is 5.88. The van der Waals surface area contributed by atoms with Crippen LogP contribution in [0.2, 0.25) is 0 Å². The molecule has 0 radical (unpaired) electrons. The molecule has 0 aliphatic heterocycles. The molecular weight excluding hydrogens is 252 g/mol. The number of pyridine rings is 1. The van der Waals surface area contributed by atoms with Crippen LogP contribution in [0.25, 0.3) is 0 Å². The Hall–Kier alpha value is -1.62. The molecule has 2 rings (SSSR count). The van der Waals surface area contributed by atoms with Crippen LogP contribution in [-0.4, -0.2) is 42.1 Å². The van der Waals surface area contributed by atoms with Gasteiger partial charge < -0.3 is 15.5 Å². The first-order valence-corrected chi connectivity index (χ1v) is 7.41. The largest absolute Gasteiger partial charge is 0.337 e. The highest BCUT2D eigenvalue weighted by Crippen LogP contribution is 2.21. The lowest BCUT2D eigenvalue weighted by Crippen LogP contribution is -2.40. The van der Waals surface area contributed by atoms with Gasteiger partial charge in [0.25, 0.3) is 0 Å². The van der Waals surface area contributed by atoms with Gasteiger partial charge in [0.05, 0.1) is 11.9 Å². The molecule has 0 bridgehead atoms. The number of hydrogen-bond donors (Lipinski definition) is 2. The number of likely N-dealkylation sites (N-methyl/N-ethyl adjacent to an activating group) is 1. The molecule has 1 saturated carbocycles. The maximum absolute atomic E-state index is 11.7. The Labute approximate surface area is 120 Å². The fourth-order valence-electron chi connectivity index (χ4n) is 2.66. The van der Waals surface area contributed by atoms with Gasteiger partial charge in [-0.3, -0.25) is 4.98 Å². The van der Waals surface area contributed by atoms with Crippen LogP contribution < -0.4 is 10.6 Å². The summed E-state index contributed by atoms with van der Waals surface area (Å²) in [6.45, 7) is 1.56. The van der Waals surface area contributed by atoms with Gasteiger partial charge in [-0.2, -0.15) is 0 Å². The van der Waals surface area contributed by atoms with E-state index in [4.69, 9.17) is 0 Å². The molecule has 1 aliphatic carbocycles. The molecule has 20 heavy (non-hydrogen) atoms. The van der Waals surface area contributed by atoms with E-state index < -0.39 is 0 Å². The predicted molar refractivity (Wildman–Crippen MR) is 80.8 cm³/mol. The first-order valence-electron chi connectivity index (χ1n) is 7.41. The van der Waals surface area contributed by atoms with Crippen molar-refractivity contribution < 1.29 is 4.79 Å². The van der Waals surface area contributed by atoms with Crippen LogP contribution in [0.5, 0.6) is 0 Å². The van der Waals surface area contributed by atoms with Crippen molar-refractivity contribution in [3.05, 3.63) is 24.5 Å². The third kappa shape index (κ3) is 4.81. The van der Waals surface area contributed by atoms with Crippen LogP contribution in [0.4, 0.5) is 10.5 Å². The van der Waals surface area contributed by atoms with Crippen molar-refractivity contribution in [2.45, 2.75) is 38.1 Å². The second-order valence-electron chi connectivity index (χ2n) is 5.40. The number of amides is 2. The average Bonchev–Trinajstić information content (AvgIpc) is 2.49. The van der Waals surface area contributed by atoms with Crippen LogP contribution >= 0.6 is 0 Å². The van der Waals surface area contributed by atoms with E-state index >= 15 is 0 Å². The molecule has 1 aliphatic rings. The Morgan fingerprint density at radius 2 is 2.20 bits per heavy atom. The Morgan fingerprint density at radius 1 is 1.40 bits per heavy atom. The standard InChI is InChI=1S/C15H24N4O/c1-19(14-7-3-2-4-8-14)11-10-17-15(20)18-13-6-5-9-16-12-13/h5-6,9,12,14H,2-4,7-8,10-11H2,1H3,(H2,17,18,20). The van der Waals surface area contributed by atoms with Gasteiger partial charge in [0, 0.05) is 25.3 Å².